The number of furan rings is 1. The quantitative estimate of drug-likeness (QED) is 0.785. The lowest BCUT2D eigenvalue weighted by Gasteiger charge is -2.31. The normalized spacial score (nSPS) is 18.1. The molecule has 2 aliphatic heterocycles. The molecule has 1 aromatic carbocycles. The van der Waals surface area contributed by atoms with E-state index in [4.69, 9.17) is 4.42 Å². The number of carbonyl (C=O) groups is 2. The van der Waals surface area contributed by atoms with Crippen LogP contribution in [0.5, 0.6) is 0 Å². The van der Waals surface area contributed by atoms with Gasteiger partial charge >= 0.3 is 0 Å². The number of anilines is 2. The van der Waals surface area contributed by atoms with Crippen LogP contribution in [0, 0.1) is 0 Å². The molecule has 2 amide bonds. The molecule has 3 heterocycles. The highest BCUT2D eigenvalue weighted by Gasteiger charge is 2.27. The molecule has 7 heteroatoms. The maximum absolute atomic E-state index is 12.5. The molecule has 2 saturated heterocycles. The summed E-state index contributed by atoms with van der Waals surface area (Å²) in [4.78, 5) is 30.2. The third-order valence-corrected chi connectivity index (χ3v) is 6.02. The molecule has 0 unspecified atom stereocenters. The molecule has 2 aromatic rings. The zero-order chi connectivity index (χ0) is 20.8. The summed E-state index contributed by atoms with van der Waals surface area (Å²) in [6.07, 6.45) is 6.65. The van der Waals surface area contributed by atoms with Gasteiger partial charge in [0.1, 0.15) is 0 Å². The second kappa shape index (κ2) is 9.80. The Hall–Kier alpha value is -2.80. The van der Waals surface area contributed by atoms with Gasteiger partial charge in [0.2, 0.25) is 0 Å². The first-order valence-corrected chi connectivity index (χ1v) is 11.0. The minimum atomic E-state index is -0.0759. The summed E-state index contributed by atoms with van der Waals surface area (Å²) < 4.78 is 5.19. The highest BCUT2D eigenvalue weighted by Crippen LogP contribution is 2.21. The average Bonchev–Trinajstić information content (AvgIpc) is 3.17. The highest BCUT2D eigenvalue weighted by atomic mass is 16.3. The van der Waals surface area contributed by atoms with Crippen molar-refractivity contribution in [3.63, 3.8) is 0 Å². The number of nitrogens with zero attached hydrogens (tertiary/aromatic N) is 2. The highest BCUT2D eigenvalue weighted by molar-refractivity contribution is 5.92. The predicted molar refractivity (Wildman–Crippen MR) is 116 cm³/mol. The number of hydrogen-bond acceptors (Lipinski definition) is 4. The lowest BCUT2D eigenvalue weighted by atomic mass is 10.2. The molecule has 0 atom stereocenters. The number of quaternary nitrogens is 1. The van der Waals surface area contributed by atoms with Gasteiger partial charge in [-0.2, -0.15) is 0 Å². The second-order valence-corrected chi connectivity index (χ2v) is 8.19. The second-order valence-electron chi connectivity index (χ2n) is 8.19. The Kier molecular flexibility index (Phi) is 6.69. The summed E-state index contributed by atoms with van der Waals surface area (Å²) in [5.41, 5.74) is 2.07. The molecule has 160 valence electrons. The van der Waals surface area contributed by atoms with Gasteiger partial charge in [0.05, 0.1) is 32.4 Å². The molecular weight excluding hydrogens is 380 g/mol. The largest absolute Gasteiger partial charge is 0.459 e. The first-order chi connectivity index (χ1) is 14.7. The Labute approximate surface area is 177 Å². The van der Waals surface area contributed by atoms with E-state index in [9.17, 15) is 9.59 Å². The van der Waals surface area contributed by atoms with Crippen molar-refractivity contribution in [3.05, 3.63) is 48.4 Å². The smallest absolute Gasteiger partial charge is 0.289 e. The fourth-order valence-electron chi connectivity index (χ4n) is 4.28. The van der Waals surface area contributed by atoms with Gasteiger partial charge in [0.15, 0.2) is 12.3 Å². The van der Waals surface area contributed by atoms with Crippen LogP contribution in [0.3, 0.4) is 0 Å². The van der Waals surface area contributed by atoms with E-state index >= 15 is 0 Å². The Morgan fingerprint density at radius 3 is 2.27 bits per heavy atom. The Balaban J connectivity index is 1.22. The summed E-state index contributed by atoms with van der Waals surface area (Å²) in [5.74, 6) is 0.311. The van der Waals surface area contributed by atoms with E-state index in [1.54, 1.807) is 17.0 Å². The van der Waals surface area contributed by atoms with Gasteiger partial charge in [0, 0.05) is 24.5 Å². The number of piperazine rings is 1. The van der Waals surface area contributed by atoms with E-state index in [0.717, 1.165) is 31.9 Å². The molecule has 30 heavy (non-hydrogen) atoms. The van der Waals surface area contributed by atoms with Crippen molar-refractivity contribution in [2.24, 2.45) is 0 Å². The number of amides is 2. The number of hydrogen-bond donors (Lipinski definition) is 2. The first-order valence-electron chi connectivity index (χ1n) is 11.0. The molecule has 4 rings (SSSR count). The van der Waals surface area contributed by atoms with Gasteiger partial charge in [-0.05, 0) is 49.2 Å². The molecule has 0 saturated carbocycles. The lowest BCUT2D eigenvalue weighted by Crippen LogP contribution is -3.15. The van der Waals surface area contributed by atoms with Gasteiger partial charge in [-0.3, -0.25) is 9.59 Å². The molecule has 7 nitrogen and oxygen atoms in total. The van der Waals surface area contributed by atoms with Crippen LogP contribution in [0.2, 0.25) is 0 Å². The van der Waals surface area contributed by atoms with Crippen LogP contribution in [0.25, 0.3) is 0 Å². The van der Waals surface area contributed by atoms with Gasteiger partial charge in [0.25, 0.3) is 11.8 Å². The Morgan fingerprint density at radius 2 is 1.63 bits per heavy atom. The summed E-state index contributed by atoms with van der Waals surface area (Å²) in [7, 11) is 0. The summed E-state index contributed by atoms with van der Waals surface area (Å²) >= 11 is 0. The van der Waals surface area contributed by atoms with E-state index < -0.39 is 0 Å². The average molecular weight is 412 g/mol. The van der Waals surface area contributed by atoms with Crippen LogP contribution in [-0.4, -0.2) is 62.5 Å². The Bertz CT molecular complexity index is 819. The maximum Gasteiger partial charge on any atom is 0.289 e. The minimum absolute atomic E-state index is 0.0123. The topological polar surface area (TPSA) is 70.2 Å². The standard InChI is InChI=1S/C23H30N4O3/c28-22(18-25-13-15-27(16-14-25)23(29)21-6-5-17-30-21)24-19-7-9-20(10-8-19)26-11-3-1-2-4-12-26/h5-10,17H,1-4,11-16,18H2,(H,24,28)/p+1. The van der Waals surface area contributed by atoms with Crippen LogP contribution < -0.4 is 15.1 Å². The van der Waals surface area contributed by atoms with E-state index in [1.807, 2.05) is 12.1 Å². The van der Waals surface area contributed by atoms with Gasteiger partial charge in [-0.25, -0.2) is 0 Å². The van der Waals surface area contributed by atoms with Gasteiger partial charge in [-0.1, -0.05) is 12.8 Å². The SMILES string of the molecule is O=C(C[NH+]1CCN(C(=O)c2ccco2)CC1)Nc1ccc(N2CCCCCC2)cc1. The van der Waals surface area contributed by atoms with Crippen molar-refractivity contribution >= 4 is 23.2 Å². The van der Waals surface area contributed by atoms with Crippen molar-refractivity contribution in [3.8, 4) is 0 Å². The molecule has 0 bridgehead atoms. The zero-order valence-electron chi connectivity index (χ0n) is 17.4. The van der Waals surface area contributed by atoms with Crippen LogP contribution in [-0.2, 0) is 4.79 Å². The van der Waals surface area contributed by atoms with E-state index in [-0.39, 0.29) is 11.8 Å². The van der Waals surface area contributed by atoms with Crippen molar-refractivity contribution in [1.29, 1.82) is 0 Å². The summed E-state index contributed by atoms with van der Waals surface area (Å²) in [6, 6.07) is 11.6. The number of benzene rings is 1. The molecule has 0 aliphatic carbocycles. The minimum Gasteiger partial charge on any atom is -0.459 e. The molecule has 2 aliphatic rings. The number of nitrogens with one attached hydrogen (secondary N) is 2. The summed E-state index contributed by atoms with van der Waals surface area (Å²) in [5, 5.41) is 3.01. The Morgan fingerprint density at radius 1 is 0.933 bits per heavy atom. The predicted octanol–water partition coefficient (Wildman–Crippen LogP) is 1.64. The van der Waals surface area contributed by atoms with Crippen molar-refractivity contribution in [2.45, 2.75) is 25.7 Å². The van der Waals surface area contributed by atoms with E-state index in [1.165, 1.54) is 42.5 Å². The van der Waals surface area contributed by atoms with Crippen molar-refractivity contribution in [1.82, 2.24) is 4.90 Å². The monoisotopic (exact) mass is 411 g/mol. The van der Waals surface area contributed by atoms with Gasteiger partial charge in [-0.15, -0.1) is 0 Å². The molecular formula is C23H31N4O3+. The maximum atomic E-state index is 12.5. The summed E-state index contributed by atoms with van der Waals surface area (Å²) in [6.45, 7) is 5.42. The van der Waals surface area contributed by atoms with Crippen LogP contribution >= 0.6 is 0 Å². The van der Waals surface area contributed by atoms with Crippen molar-refractivity contribution in [2.75, 3.05) is 56.0 Å². The fraction of sp³-hybridized carbons (Fsp3) is 0.478. The van der Waals surface area contributed by atoms with Crippen molar-refractivity contribution < 1.29 is 18.9 Å². The van der Waals surface area contributed by atoms with E-state index in [0.29, 0.717) is 25.4 Å². The molecule has 0 spiro atoms. The van der Waals surface area contributed by atoms with Crippen LogP contribution in [0.15, 0.2) is 47.1 Å². The molecule has 2 N–H and O–H groups in total. The number of carbonyl (C=O) groups excluding carboxylic acids is 2. The van der Waals surface area contributed by atoms with Crippen LogP contribution in [0.1, 0.15) is 36.2 Å². The van der Waals surface area contributed by atoms with Crippen LogP contribution in [0.4, 0.5) is 11.4 Å². The molecule has 0 radical (unpaired) electrons. The van der Waals surface area contributed by atoms with E-state index in [2.05, 4.69) is 22.3 Å². The first kappa shape index (κ1) is 20.5. The van der Waals surface area contributed by atoms with Gasteiger partial charge < -0.3 is 24.4 Å². The third kappa shape index (κ3) is 5.21. The third-order valence-electron chi connectivity index (χ3n) is 6.02. The fourth-order valence-corrected chi connectivity index (χ4v) is 4.28. The number of rotatable bonds is 5. The molecule has 1 aromatic heterocycles. The zero-order valence-corrected chi connectivity index (χ0v) is 17.4. The molecule has 2 fully saturated rings. The lowest BCUT2D eigenvalue weighted by molar-refractivity contribution is -0.895.